The Morgan fingerprint density at radius 1 is 1.38 bits per heavy atom. The molecule has 1 aromatic carbocycles. The first-order chi connectivity index (χ1) is 10.2. The van der Waals surface area contributed by atoms with Crippen LogP contribution in [0.3, 0.4) is 0 Å². The molecule has 2 aliphatic carbocycles. The molecule has 3 rings (SSSR count). The molecule has 2 atom stereocenters. The Morgan fingerprint density at radius 2 is 2.19 bits per heavy atom. The first kappa shape index (κ1) is 15.1. The van der Waals surface area contributed by atoms with Crippen molar-refractivity contribution in [2.24, 2.45) is 5.41 Å². The molecule has 0 aromatic heterocycles. The van der Waals surface area contributed by atoms with Gasteiger partial charge in [0.15, 0.2) is 0 Å². The second kappa shape index (κ2) is 6.15. The van der Waals surface area contributed by atoms with Crippen LogP contribution in [0.2, 0.25) is 5.02 Å². The highest BCUT2D eigenvalue weighted by Crippen LogP contribution is 2.57. The van der Waals surface area contributed by atoms with Gasteiger partial charge in [-0.1, -0.05) is 24.1 Å². The van der Waals surface area contributed by atoms with E-state index in [0.717, 1.165) is 35.9 Å². The zero-order valence-electron chi connectivity index (χ0n) is 12.8. The number of hydrogen-bond donors (Lipinski definition) is 1. The molecule has 4 heteroatoms. The molecule has 116 valence electrons. The van der Waals surface area contributed by atoms with Crippen LogP contribution in [0.15, 0.2) is 18.2 Å². The molecule has 3 nitrogen and oxygen atoms in total. The van der Waals surface area contributed by atoms with E-state index in [9.17, 15) is 0 Å². The molecule has 21 heavy (non-hydrogen) atoms. The van der Waals surface area contributed by atoms with Gasteiger partial charge in [0, 0.05) is 35.2 Å². The monoisotopic (exact) mass is 309 g/mol. The minimum Gasteiger partial charge on any atom is -0.496 e. The zero-order valence-corrected chi connectivity index (χ0v) is 13.6. The maximum absolute atomic E-state index is 6.31. The van der Waals surface area contributed by atoms with Gasteiger partial charge in [-0.15, -0.1) is 0 Å². The first-order valence-electron chi connectivity index (χ1n) is 7.87. The van der Waals surface area contributed by atoms with Gasteiger partial charge in [0.2, 0.25) is 0 Å². The predicted molar refractivity (Wildman–Crippen MR) is 84.9 cm³/mol. The van der Waals surface area contributed by atoms with Crippen LogP contribution in [-0.2, 0) is 11.3 Å². The van der Waals surface area contributed by atoms with Crippen LogP contribution in [0, 0.1) is 5.41 Å². The van der Waals surface area contributed by atoms with Crippen LogP contribution < -0.4 is 10.1 Å². The molecule has 0 aliphatic heterocycles. The van der Waals surface area contributed by atoms with Crippen molar-refractivity contribution in [1.29, 1.82) is 0 Å². The highest BCUT2D eigenvalue weighted by molar-refractivity contribution is 6.31. The number of rotatable bonds is 6. The topological polar surface area (TPSA) is 30.5 Å². The van der Waals surface area contributed by atoms with E-state index in [2.05, 4.69) is 12.2 Å². The largest absolute Gasteiger partial charge is 0.496 e. The third kappa shape index (κ3) is 2.56. The Bertz CT molecular complexity index is 502. The second-order valence-corrected chi connectivity index (χ2v) is 6.53. The van der Waals surface area contributed by atoms with Crippen molar-refractivity contribution in [3.63, 3.8) is 0 Å². The predicted octanol–water partition coefficient (Wildman–Crippen LogP) is 3.79. The van der Waals surface area contributed by atoms with Gasteiger partial charge in [-0.2, -0.15) is 0 Å². The van der Waals surface area contributed by atoms with Gasteiger partial charge < -0.3 is 14.8 Å². The number of benzene rings is 1. The van der Waals surface area contributed by atoms with E-state index in [1.807, 2.05) is 18.2 Å². The van der Waals surface area contributed by atoms with Gasteiger partial charge in [-0.25, -0.2) is 0 Å². The quantitative estimate of drug-likeness (QED) is 0.867. The van der Waals surface area contributed by atoms with Crippen LogP contribution in [0.4, 0.5) is 0 Å². The molecule has 2 unspecified atom stereocenters. The van der Waals surface area contributed by atoms with E-state index in [-0.39, 0.29) is 0 Å². The fraction of sp³-hybridized carbons (Fsp3) is 0.647. The Morgan fingerprint density at radius 3 is 2.81 bits per heavy atom. The SMILES string of the molecule is CCOC1CC(NCc2c(Cl)cccc2OC)C12CCC2. The van der Waals surface area contributed by atoms with Gasteiger partial charge in [-0.3, -0.25) is 0 Å². The maximum Gasteiger partial charge on any atom is 0.124 e. The van der Waals surface area contributed by atoms with Crippen LogP contribution in [0.1, 0.15) is 38.2 Å². The summed E-state index contributed by atoms with van der Waals surface area (Å²) in [7, 11) is 1.69. The van der Waals surface area contributed by atoms with Crippen molar-refractivity contribution < 1.29 is 9.47 Å². The normalized spacial score (nSPS) is 26.2. The molecule has 1 spiro atoms. The summed E-state index contributed by atoms with van der Waals surface area (Å²) in [5.41, 5.74) is 1.43. The van der Waals surface area contributed by atoms with Crippen LogP contribution in [0.25, 0.3) is 0 Å². The number of methoxy groups -OCH3 is 1. The third-order valence-corrected chi connectivity index (χ3v) is 5.61. The lowest BCUT2D eigenvalue weighted by Gasteiger charge is -2.61. The summed E-state index contributed by atoms with van der Waals surface area (Å²) in [5.74, 6) is 0.860. The summed E-state index contributed by atoms with van der Waals surface area (Å²) in [6.45, 7) is 3.66. The van der Waals surface area contributed by atoms with Gasteiger partial charge >= 0.3 is 0 Å². The van der Waals surface area contributed by atoms with E-state index in [4.69, 9.17) is 21.1 Å². The Kier molecular flexibility index (Phi) is 4.43. The van der Waals surface area contributed by atoms with Crippen molar-refractivity contribution in [3.05, 3.63) is 28.8 Å². The van der Waals surface area contributed by atoms with Gasteiger partial charge in [0.1, 0.15) is 5.75 Å². The highest BCUT2D eigenvalue weighted by atomic mass is 35.5. The van der Waals surface area contributed by atoms with Crippen molar-refractivity contribution in [2.75, 3.05) is 13.7 Å². The molecule has 0 amide bonds. The molecular formula is C17H24ClNO2. The molecule has 0 bridgehead atoms. The van der Waals surface area contributed by atoms with Crippen molar-refractivity contribution in [1.82, 2.24) is 5.32 Å². The average molecular weight is 310 g/mol. The average Bonchev–Trinajstić information content (AvgIpc) is 2.41. The maximum atomic E-state index is 6.31. The third-order valence-electron chi connectivity index (χ3n) is 5.26. The molecule has 2 saturated carbocycles. The summed E-state index contributed by atoms with van der Waals surface area (Å²) in [5, 5.41) is 4.46. The van der Waals surface area contributed by atoms with Gasteiger partial charge in [0.25, 0.3) is 0 Å². The molecule has 0 saturated heterocycles. The minimum atomic E-state index is 0.379. The lowest BCUT2D eigenvalue weighted by molar-refractivity contribution is -0.173. The number of halogens is 1. The van der Waals surface area contributed by atoms with E-state index in [1.54, 1.807) is 7.11 Å². The van der Waals surface area contributed by atoms with E-state index in [1.165, 1.54) is 19.3 Å². The van der Waals surface area contributed by atoms with Crippen molar-refractivity contribution in [2.45, 2.75) is 51.3 Å². The molecule has 2 fully saturated rings. The number of ether oxygens (including phenoxy) is 2. The second-order valence-electron chi connectivity index (χ2n) is 6.12. The molecule has 0 heterocycles. The summed E-state index contributed by atoms with van der Waals surface area (Å²) < 4.78 is 11.3. The van der Waals surface area contributed by atoms with Crippen LogP contribution >= 0.6 is 11.6 Å². The summed E-state index contributed by atoms with van der Waals surface area (Å²) >= 11 is 6.31. The minimum absolute atomic E-state index is 0.379. The highest BCUT2D eigenvalue weighted by Gasteiger charge is 2.58. The smallest absolute Gasteiger partial charge is 0.124 e. The summed E-state index contributed by atoms with van der Waals surface area (Å²) in [6.07, 6.45) is 5.46. The standard InChI is InChI=1S/C17H24ClNO2/c1-3-21-16-10-15(17(16)8-5-9-17)19-11-12-13(18)6-4-7-14(12)20-2/h4,6-7,15-16,19H,3,5,8-11H2,1-2H3. The van der Waals surface area contributed by atoms with E-state index < -0.39 is 0 Å². The molecule has 1 aromatic rings. The summed E-state index contributed by atoms with van der Waals surface area (Å²) in [6, 6.07) is 6.35. The van der Waals surface area contributed by atoms with Crippen molar-refractivity contribution >= 4 is 11.6 Å². The molecular weight excluding hydrogens is 286 g/mol. The van der Waals surface area contributed by atoms with Crippen molar-refractivity contribution in [3.8, 4) is 5.75 Å². The molecule has 2 aliphatic rings. The Hall–Kier alpha value is -0.770. The Balaban J connectivity index is 1.64. The lowest BCUT2D eigenvalue weighted by atomic mass is 9.51. The fourth-order valence-corrected chi connectivity index (χ4v) is 4.08. The first-order valence-corrected chi connectivity index (χ1v) is 8.25. The molecule has 1 N–H and O–H groups in total. The van der Waals surface area contributed by atoms with E-state index >= 15 is 0 Å². The van der Waals surface area contributed by atoms with Gasteiger partial charge in [-0.05, 0) is 38.3 Å². The lowest BCUT2D eigenvalue weighted by Crippen LogP contribution is -2.66. The van der Waals surface area contributed by atoms with E-state index in [0.29, 0.717) is 17.6 Å². The zero-order chi connectivity index (χ0) is 14.9. The molecule has 0 radical (unpaired) electrons. The fourth-order valence-electron chi connectivity index (χ4n) is 3.85. The van der Waals surface area contributed by atoms with Crippen LogP contribution in [0.5, 0.6) is 5.75 Å². The van der Waals surface area contributed by atoms with Gasteiger partial charge in [0.05, 0.1) is 13.2 Å². The Labute approximate surface area is 132 Å². The number of hydrogen-bond acceptors (Lipinski definition) is 3. The summed E-state index contributed by atoms with van der Waals surface area (Å²) in [4.78, 5) is 0. The van der Waals surface area contributed by atoms with Crippen LogP contribution in [-0.4, -0.2) is 25.9 Å². The number of nitrogens with one attached hydrogen (secondary N) is 1.